The van der Waals surface area contributed by atoms with Crippen LogP contribution >= 0.6 is 31.9 Å². The van der Waals surface area contributed by atoms with Crippen LogP contribution in [0.15, 0.2) is 45.3 Å². The molecule has 0 saturated carbocycles. The number of hydrogen-bond acceptors (Lipinski definition) is 3. The number of nitrogens with one attached hydrogen (secondary N) is 1. The molecule has 0 bridgehead atoms. The Balaban J connectivity index is 2.36. The van der Waals surface area contributed by atoms with E-state index in [4.69, 9.17) is 10.5 Å². The van der Waals surface area contributed by atoms with Crippen molar-refractivity contribution < 1.29 is 4.74 Å². The van der Waals surface area contributed by atoms with Crippen molar-refractivity contribution in [2.45, 2.75) is 0 Å². The summed E-state index contributed by atoms with van der Waals surface area (Å²) in [6.07, 6.45) is 0. The molecule has 0 aromatic heterocycles. The van der Waals surface area contributed by atoms with E-state index in [1.165, 1.54) is 0 Å². The summed E-state index contributed by atoms with van der Waals surface area (Å²) in [5, 5.41) is 3.30. The van der Waals surface area contributed by atoms with Gasteiger partial charge in [-0.2, -0.15) is 0 Å². The Hall–Kier alpha value is -1.20. The molecule has 0 aliphatic carbocycles. The molecule has 0 amide bonds. The van der Waals surface area contributed by atoms with E-state index in [9.17, 15) is 0 Å². The van der Waals surface area contributed by atoms with Gasteiger partial charge in [-0.05, 0) is 52.3 Å². The van der Waals surface area contributed by atoms with E-state index < -0.39 is 0 Å². The van der Waals surface area contributed by atoms with Crippen molar-refractivity contribution in [3.05, 3.63) is 45.3 Å². The van der Waals surface area contributed by atoms with E-state index in [-0.39, 0.29) is 0 Å². The smallest absolute Gasteiger partial charge is 0.142 e. The molecule has 0 unspecified atom stereocenters. The van der Waals surface area contributed by atoms with Gasteiger partial charge in [0.2, 0.25) is 0 Å². The minimum absolute atomic E-state index is 0.716. The molecule has 0 spiro atoms. The third-order valence-electron chi connectivity index (χ3n) is 2.42. The van der Waals surface area contributed by atoms with E-state index in [2.05, 4.69) is 37.2 Å². The summed E-state index contributed by atoms with van der Waals surface area (Å²) in [6, 6.07) is 11.4. The number of rotatable bonds is 3. The Morgan fingerprint density at radius 3 is 2.50 bits per heavy atom. The fraction of sp³-hybridized carbons (Fsp3) is 0.0769. The predicted molar refractivity (Wildman–Crippen MR) is 82.5 cm³/mol. The van der Waals surface area contributed by atoms with Gasteiger partial charge in [0, 0.05) is 14.6 Å². The summed E-state index contributed by atoms with van der Waals surface area (Å²) in [4.78, 5) is 0. The Kier molecular flexibility index (Phi) is 4.14. The SMILES string of the molecule is COc1ccc(Br)cc1Nc1ccc(N)cc1Br. The molecule has 3 nitrogen and oxygen atoms in total. The minimum Gasteiger partial charge on any atom is -0.495 e. The standard InChI is InChI=1S/C13H12Br2N2O/c1-18-13-5-2-8(14)6-12(13)17-11-4-3-9(16)7-10(11)15/h2-7,17H,16H2,1H3. The van der Waals surface area contributed by atoms with Gasteiger partial charge in [-0.3, -0.25) is 0 Å². The first-order valence-electron chi connectivity index (χ1n) is 5.26. The maximum Gasteiger partial charge on any atom is 0.142 e. The van der Waals surface area contributed by atoms with E-state index in [0.29, 0.717) is 5.69 Å². The van der Waals surface area contributed by atoms with Crippen LogP contribution in [0.1, 0.15) is 0 Å². The second kappa shape index (κ2) is 5.63. The molecule has 0 aliphatic heterocycles. The predicted octanol–water partition coefficient (Wildman–Crippen LogP) is 4.55. The monoisotopic (exact) mass is 370 g/mol. The highest BCUT2D eigenvalue weighted by atomic mass is 79.9. The molecule has 2 aromatic carbocycles. The number of halogens is 2. The normalized spacial score (nSPS) is 10.2. The third kappa shape index (κ3) is 2.97. The molecule has 0 fully saturated rings. The second-order valence-corrected chi connectivity index (χ2v) is 5.48. The zero-order valence-corrected chi connectivity index (χ0v) is 12.9. The lowest BCUT2D eigenvalue weighted by Crippen LogP contribution is -1.96. The van der Waals surface area contributed by atoms with Crippen molar-refractivity contribution in [1.82, 2.24) is 0 Å². The first kappa shape index (κ1) is 13.2. The average Bonchev–Trinajstić information content (AvgIpc) is 2.33. The van der Waals surface area contributed by atoms with Gasteiger partial charge in [-0.1, -0.05) is 15.9 Å². The number of methoxy groups -OCH3 is 1. The van der Waals surface area contributed by atoms with Gasteiger partial charge in [0.1, 0.15) is 5.75 Å². The van der Waals surface area contributed by atoms with Crippen LogP contribution in [0, 0.1) is 0 Å². The third-order valence-corrected chi connectivity index (χ3v) is 3.57. The number of ether oxygens (including phenoxy) is 1. The van der Waals surface area contributed by atoms with Crippen LogP contribution in [0.5, 0.6) is 5.75 Å². The lowest BCUT2D eigenvalue weighted by Gasteiger charge is -2.13. The average molecular weight is 372 g/mol. The lowest BCUT2D eigenvalue weighted by molar-refractivity contribution is 0.417. The van der Waals surface area contributed by atoms with E-state index in [1.807, 2.05) is 36.4 Å². The number of nitrogen functional groups attached to an aromatic ring is 1. The lowest BCUT2D eigenvalue weighted by atomic mass is 10.2. The van der Waals surface area contributed by atoms with Crippen molar-refractivity contribution in [3.63, 3.8) is 0 Å². The quantitative estimate of drug-likeness (QED) is 0.778. The molecule has 0 radical (unpaired) electrons. The Bertz CT molecular complexity index is 573. The van der Waals surface area contributed by atoms with Crippen LogP contribution in [0.25, 0.3) is 0 Å². The van der Waals surface area contributed by atoms with Gasteiger partial charge in [-0.25, -0.2) is 0 Å². The number of nitrogens with two attached hydrogens (primary N) is 1. The molecule has 0 heterocycles. The first-order valence-corrected chi connectivity index (χ1v) is 6.84. The van der Waals surface area contributed by atoms with E-state index in [0.717, 1.165) is 26.1 Å². The van der Waals surface area contributed by atoms with Gasteiger partial charge < -0.3 is 15.8 Å². The van der Waals surface area contributed by atoms with Crippen LogP contribution in [-0.2, 0) is 0 Å². The van der Waals surface area contributed by atoms with Crippen LogP contribution in [0.3, 0.4) is 0 Å². The van der Waals surface area contributed by atoms with Crippen molar-refractivity contribution in [2.75, 3.05) is 18.2 Å². The summed E-state index contributed by atoms with van der Waals surface area (Å²) < 4.78 is 7.20. The Morgan fingerprint density at radius 2 is 1.83 bits per heavy atom. The van der Waals surface area contributed by atoms with Crippen molar-refractivity contribution in [1.29, 1.82) is 0 Å². The molecule has 3 N–H and O–H groups in total. The van der Waals surface area contributed by atoms with Crippen LogP contribution in [0.2, 0.25) is 0 Å². The van der Waals surface area contributed by atoms with Crippen LogP contribution < -0.4 is 15.8 Å². The van der Waals surface area contributed by atoms with Gasteiger partial charge in [-0.15, -0.1) is 0 Å². The zero-order valence-electron chi connectivity index (χ0n) is 9.71. The minimum atomic E-state index is 0.716. The summed E-state index contributed by atoms with van der Waals surface area (Å²) in [5.74, 6) is 0.780. The van der Waals surface area contributed by atoms with Crippen molar-refractivity contribution >= 4 is 48.9 Å². The van der Waals surface area contributed by atoms with Crippen molar-refractivity contribution in [3.8, 4) is 5.75 Å². The summed E-state index contributed by atoms with van der Waals surface area (Å²) in [6.45, 7) is 0. The highest BCUT2D eigenvalue weighted by Gasteiger charge is 2.06. The topological polar surface area (TPSA) is 47.3 Å². The highest BCUT2D eigenvalue weighted by molar-refractivity contribution is 9.10. The number of benzene rings is 2. The molecule has 5 heteroatoms. The van der Waals surface area contributed by atoms with E-state index in [1.54, 1.807) is 7.11 Å². The highest BCUT2D eigenvalue weighted by Crippen LogP contribution is 2.33. The molecule has 0 atom stereocenters. The van der Waals surface area contributed by atoms with Gasteiger partial charge >= 0.3 is 0 Å². The molecule has 0 aliphatic rings. The molecular formula is C13H12Br2N2O. The van der Waals surface area contributed by atoms with Crippen LogP contribution in [-0.4, -0.2) is 7.11 Å². The molecule has 0 saturated heterocycles. The fourth-order valence-electron chi connectivity index (χ4n) is 1.56. The van der Waals surface area contributed by atoms with Gasteiger partial charge in [0.15, 0.2) is 0 Å². The molecule has 2 rings (SSSR count). The second-order valence-electron chi connectivity index (χ2n) is 3.71. The largest absolute Gasteiger partial charge is 0.495 e. The summed E-state index contributed by atoms with van der Waals surface area (Å²) in [5.41, 5.74) is 8.24. The Labute approximate surface area is 123 Å². The van der Waals surface area contributed by atoms with Crippen LogP contribution in [0.4, 0.5) is 17.1 Å². The first-order chi connectivity index (χ1) is 8.60. The van der Waals surface area contributed by atoms with Gasteiger partial charge in [0.25, 0.3) is 0 Å². The number of hydrogen-bond donors (Lipinski definition) is 2. The molecule has 2 aromatic rings. The molecular weight excluding hydrogens is 360 g/mol. The van der Waals surface area contributed by atoms with Gasteiger partial charge in [0.05, 0.1) is 18.5 Å². The fourth-order valence-corrected chi connectivity index (χ4v) is 2.41. The van der Waals surface area contributed by atoms with Crippen molar-refractivity contribution in [2.24, 2.45) is 0 Å². The summed E-state index contributed by atoms with van der Waals surface area (Å²) >= 11 is 6.92. The Morgan fingerprint density at radius 1 is 1.06 bits per heavy atom. The molecule has 94 valence electrons. The maximum atomic E-state index is 5.71. The summed E-state index contributed by atoms with van der Waals surface area (Å²) in [7, 11) is 1.65. The van der Waals surface area contributed by atoms with E-state index >= 15 is 0 Å². The zero-order chi connectivity index (χ0) is 13.1. The maximum absolute atomic E-state index is 5.71. The number of anilines is 3. The molecule has 18 heavy (non-hydrogen) atoms.